The lowest BCUT2D eigenvalue weighted by Crippen LogP contribution is -2.34. The van der Waals surface area contributed by atoms with Crippen LogP contribution in [0.2, 0.25) is 0 Å². The SMILES string of the molecule is Cc1ccc([N+](=O)[O-])cc1C(=O)N[C@H]1c2ccccc2C[C@H]1O. The smallest absolute Gasteiger partial charge is 0.270 e. The number of nitrogens with zero attached hydrogens (tertiary/aromatic N) is 1. The summed E-state index contributed by atoms with van der Waals surface area (Å²) in [6, 6.07) is 11.2. The van der Waals surface area contributed by atoms with Gasteiger partial charge in [0.2, 0.25) is 0 Å². The molecule has 2 atom stereocenters. The first-order valence-corrected chi connectivity index (χ1v) is 7.29. The van der Waals surface area contributed by atoms with E-state index in [1.165, 1.54) is 12.1 Å². The van der Waals surface area contributed by atoms with E-state index < -0.39 is 23.0 Å². The first-order valence-electron chi connectivity index (χ1n) is 7.29. The van der Waals surface area contributed by atoms with Gasteiger partial charge in [0, 0.05) is 24.1 Å². The third-order valence-corrected chi connectivity index (χ3v) is 4.17. The number of hydrogen-bond donors (Lipinski definition) is 2. The summed E-state index contributed by atoms with van der Waals surface area (Å²) in [5.41, 5.74) is 2.65. The summed E-state index contributed by atoms with van der Waals surface area (Å²) < 4.78 is 0. The van der Waals surface area contributed by atoms with Crippen LogP contribution in [0.25, 0.3) is 0 Å². The molecule has 23 heavy (non-hydrogen) atoms. The van der Waals surface area contributed by atoms with Crippen LogP contribution in [-0.2, 0) is 6.42 Å². The molecular formula is C17H16N2O4. The van der Waals surface area contributed by atoms with Gasteiger partial charge in [-0.15, -0.1) is 0 Å². The Bertz CT molecular complexity index is 788. The minimum absolute atomic E-state index is 0.131. The van der Waals surface area contributed by atoms with Crippen molar-refractivity contribution in [3.8, 4) is 0 Å². The van der Waals surface area contributed by atoms with E-state index in [0.29, 0.717) is 12.0 Å². The van der Waals surface area contributed by atoms with E-state index in [-0.39, 0.29) is 11.3 Å². The van der Waals surface area contributed by atoms with Crippen molar-refractivity contribution in [2.75, 3.05) is 0 Å². The maximum atomic E-state index is 12.5. The molecule has 1 amide bonds. The molecule has 1 aliphatic carbocycles. The van der Waals surface area contributed by atoms with Crippen molar-refractivity contribution >= 4 is 11.6 Å². The van der Waals surface area contributed by atoms with Crippen LogP contribution in [0, 0.1) is 17.0 Å². The molecular weight excluding hydrogens is 296 g/mol. The summed E-state index contributed by atoms with van der Waals surface area (Å²) in [4.78, 5) is 22.9. The quantitative estimate of drug-likeness (QED) is 0.672. The molecule has 118 valence electrons. The second-order valence-corrected chi connectivity index (χ2v) is 5.68. The first-order chi connectivity index (χ1) is 11.0. The molecule has 0 saturated heterocycles. The molecule has 0 unspecified atom stereocenters. The summed E-state index contributed by atoms with van der Waals surface area (Å²) >= 11 is 0. The zero-order valence-corrected chi connectivity index (χ0v) is 12.5. The zero-order valence-electron chi connectivity index (χ0n) is 12.5. The lowest BCUT2D eigenvalue weighted by Gasteiger charge is -2.18. The van der Waals surface area contributed by atoms with E-state index in [2.05, 4.69) is 5.32 Å². The molecule has 2 aromatic rings. The number of rotatable bonds is 3. The van der Waals surface area contributed by atoms with Gasteiger partial charge in [-0.05, 0) is 23.6 Å². The number of benzene rings is 2. The topological polar surface area (TPSA) is 92.5 Å². The van der Waals surface area contributed by atoms with E-state index in [9.17, 15) is 20.0 Å². The van der Waals surface area contributed by atoms with Gasteiger partial charge in [0.15, 0.2) is 0 Å². The van der Waals surface area contributed by atoms with Crippen LogP contribution in [0.15, 0.2) is 42.5 Å². The molecule has 0 aromatic heterocycles. The second-order valence-electron chi connectivity index (χ2n) is 5.68. The number of carbonyl (C=O) groups is 1. The third-order valence-electron chi connectivity index (χ3n) is 4.17. The van der Waals surface area contributed by atoms with Gasteiger partial charge in [-0.2, -0.15) is 0 Å². The fourth-order valence-electron chi connectivity index (χ4n) is 2.94. The van der Waals surface area contributed by atoms with Gasteiger partial charge in [-0.25, -0.2) is 0 Å². The van der Waals surface area contributed by atoms with Crippen LogP contribution in [0.1, 0.15) is 33.1 Å². The molecule has 0 fully saturated rings. The number of hydrogen-bond acceptors (Lipinski definition) is 4. The fraction of sp³-hybridized carbons (Fsp3) is 0.235. The Morgan fingerprint density at radius 3 is 2.78 bits per heavy atom. The number of nitrogens with one attached hydrogen (secondary N) is 1. The van der Waals surface area contributed by atoms with Gasteiger partial charge in [-0.1, -0.05) is 30.3 Å². The van der Waals surface area contributed by atoms with E-state index >= 15 is 0 Å². The summed E-state index contributed by atoms with van der Waals surface area (Å²) in [7, 11) is 0. The lowest BCUT2D eigenvalue weighted by atomic mass is 10.0. The van der Waals surface area contributed by atoms with E-state index in [1.54, 1.807) is 13.0 Å². The zero-order chi connectivity index (χ0) is 16.6. The molecule has 3 rings (SSSR count). The molecule has 1 aliphatic rings. The van der Waals surface area contributed by atoms with E-state index in [1.807, 2.05) is 24.3 Å². The lowest BCUT2D eigenvalue weighted by molar-refractivity contribution is -0.384. The number of nitro benzene ring substituents is 1. The molecule has 0 saturated carbocycles. The minimum atomic E-state index is -0.699. The Morgan fingerprint density at radius 2 is 2.04 bits per heavy atom. The molecule has 6 heteroatoms. The Hall–Kier alpha value is -2.73. The number of nitro groups is 1. The minimum Gasteiger partial charge on any atom is -0.390 e. The average Bonchev–Trinajstić information content (AvgIpc) is 2.83. The fourth-order valence-corrected chi connectivity index (χ4v) is 2.94. The predicted octanol–water partition coefficient (Wildman–Crippen LogP) is 2.29. The van der Waals surface area contributed by atoms with Crippen molar-refractivity contribution in [1.29, 1.82) is 0 Å². The van der Waals surface area contributed by atoms with Crippen LogP contribution in [-0.4, -0.2) is 22.0 Å². The molecule has 0 spiro atoms. The van der Waals surface area contributed by atoms with Crippen molar-refractivity contribution < 1.29 is 14.8 Å². The van der Waals surface area contributed by atoms with Crippen LogP contribution < -0.4 is 5.32 Å². The van der Waals surface area contributed by atoms with Crippen LogP contribution in [0.4, 0.5) is 5.69 Å². The maximum Gasteiger partial charge on any atom is 0.270 e. The number of non-ortho nitro benzene ring substituents is 1. The Balaban J connectivity index is 1.88. The molecule has 0 radical (unpaired) electrons. The molecule has 0 bridgehead atoms. The van der Waals surface area contributed by atoms with Crippen molar-refractivity contribution in [2.24, 2.45) is 0 Å². The van der Waals surface area contributed by atoms with E-state index in [4.69, 9.17) is 0 Å². The van der Waals surface area contributed by atoms with Crippen LogP contribution in [0.5, 0.6) is 0 Å². The number of aryl methyl sites for hydroxylation is 1. The van der Waals surface area contributed by atoms with Crippen molar-refractivity contribution in [2.45, 2.75) is 25.5 Å². The largest absolute Gasteiger partial charge is 0.390 e. The maximum absolute atomic E-state index is 12.5. The molecule has 2 aromatic carbocycles. The highest BCUT2D eigenvalue weighted by atomic mass is 16.6. The number of aliphatic hydroxyl groups is 1. The second kappa shape index (κ2) is 5.81. The van der Waals surface area contributed by atoms with Gasteiger partial charge >= 0.3 is 0 Å². The summed E-state index contributed by atoms with van der Waals surface area (Å²) in [5, 5.41) is 23.9. The number of aliphatic hydroxyl groups excluding tert-OH is 1. The Kier molecular flexibility index (Phi) is 3.83. The average molecular weight is 312 g/mol. The Morgan fingerprint density at radius 1 is 1.30 bits per heavy atom. The predicted molar refractivity (Wildman–Crippen MR) is 84.2 cm³/mol. The monoisotopic (exact) mass is 312 g/mol. The number of amides is 1. The number of carbonyl (C=O) groups excluding carboxylic acids is 1. The van der Waals surface area contributed by atoms with Crippen molar-refractivity contribution in [3.63, 3.8) is 0 Å². The third kappa shape index (κ3) is 2.80. The van der Waals surface area contributed by atoms with Crippen molar-refractivity contribution in [1.82, 2.24) is 5.32 Å². The normalized spacial score (nSPS) is 19.2. The molecule has 0 heterocycles. The van der Waals surface area contributed by atoms with Gasteiger partial charge < -0.3 is 10.4 Å². The molecule has 0 aliphatic heterocycles. The highest BCUT2D eigenvalue weighted by Gasteiger charge is 2.32. The van der Waals surface area contributed by atoms with Crippen molar-refractivity contribution in [3.05, 3.63) is 74.8 Å². The summed E-state index contributed by atoms with van der Waals surface area (Å²) in [6.45, 7) is 1.72. The summed E-state index contributed by atoms with van der Waals surface area (Å²) in [5.74, 6) is -0.424. The van der Waals surface area contributed by atoms with Crippen LogP contribution in [0.3, 0.4) is 0 Å². The Labute approximate surface area is 132 Å². The molecule has 2 N–H and O–H groups in total. The standard InChI is InChI=1S/C17H16N2O4/c1-10-6-7-12(19(22)23)9-14(10)17(21)18-16-13-5-3-2-4-11(13)8-15(16)20/h2-7,9,15-16,20H,8H2,1H3,(H,18,21)/t15-,16+/m1/s1. The molecule has 6 nitrogen and oxygen atoms in total. The highest BCUT2D eigenvalue weighted by molar-refractivity contribution is 5.96. The van der Waals surface area contributed by atoms with E-state index in [0.717, 1.165) is 11.1 Å². The van der Waals surface area contributed by atoms with Crippen LogP contribution >= 0.6 is 0 Å². The van der Waals surface area contributed by atoms with Gasteiger partial charge in [-0.3, -0.25) is 14.9 Å². The summed E-state index contributed by atoms with van der Waals surface area (Å²) in [6.07, 6.45) is -0.218. The van der Waals surface area contributed by atoms with Gasteiger partial charge in [0.1, 0.15) is 0 Å². The van der Waals surface area contributed by atoms with Gasteiger partial charge in [0.05, 0.1) is 17.1 Å². The van der Waals surface area contributed by atoms with Gasteiger partial charge in [0.25, 0.3) is 11.6 Å². The number of fused-ring (bicyclic) bond motifs is 1. The highest BCUT2D eigenvalue weighted by Crippen LogP contribution is 2.31. The first kappa shape index (κ1) is 15.2.